The number of aliphatic carboxylic acids is 1. The Balaban J connectivity index is 1.45. The summed E-state index contributed by atoms with van der Waals surface area (Å²) in [6, 6.07) is 10.0. The third-order valence-electron chi connectivity index (χ3n) is 6.78. The minimum atomic E-state index is -2.33. The molecule has 4 rings (SSSR count). The average molecular weight is 573 g/mol. The second kappa shape index (κ2) is 11.4. The van der Waals surface area contributed by atoms with E-state index in [4.69, 9.17) is 17.3 Å². The number of hydrogen-bond donors (Lipinski definition) is 5. The molecule has 0 aliphatic carbocycles. The molecule has 3 amide bonds. The second-order valence-electron chi connectivity index (χ2n) is 9.65. The van der Waals surface area contributed by atoms with E-state index in [0.717, 1.165) is 6.07 Å². The highest BCUT2D eigenvalue weighted by molar-refractivity contribution is 6.30. The van der Waals surface area contributed by atoms with Crippen molar-refractivity contribution < 1.29 is 38.6 Å². The second-order valence-corrected chi connectivity index (χ2v) is 10.1. The quantitative estimate of drug-likeness (QED) is 0.172. The minimum Gasteiger partial charge on any atom is -0.481 e. The molecule has 11 nitrogen and oxygen atoms in total. The third kappa shape index (κ3) is 6.13. The molecule has 1 fully saturated rings. The predicted molar refractivity (Wildman–Crippen MR) is 142 cm³/mol. The molecule has 2 heterocycles. The summed E-state index contributed by atoms with van der Waals surface area (Å²) in [5, 5.41) is 23.4. The molecule has 1 aliphatic rings. The average Bonchev–Trinajstić information content (AvgIpc) is 3.45. The number of nitrogens with zero attached hydrogens (tertiary/aromatic N) is 1. The zero-order valence-corrected chi connectivity index (χ0v) is 21.8. The van der Waals surface area contributed by atoms with Crippen molar-refractivity contribution in [3.8, 4) is 0 Å². The number of fused-ring (bicyclic) bond motifs is 1. The summed E-state index contributed by atoms with van der Waals surface area (Å²) in [5.41, 5.74) is 4.18. The van der Waals surface area contributed by atoms with Crippen LogP contribution in [0.1, 0.15) is 41.7 Å². The number of aromatic amines is 1. The highest BCUT2D eigenvalue weighted by Gasteiger charge is 2.51. The Labute approximate surface area is 232 Å². The van der Waals surface area contributed by atoms with E-state index in [2.05, 4.69) is 10.3 Å². The number of rotatable bonds is 11. The molecule has 13 heteroatoms. The predicted octanol–water partition coefficient (Wildman–Crippen LogP) is 2.28. The number of halogens is 2. The number of aliphatic hydroxyl groups is 1. The van der Waals surface area contributed by atoms with Crippen LogP contribution in [0.2, 0.25) is 5.02 Å². The Morgan fingerprint density at radius 3 is 2.60 bits per heavy atom. The maximum Gasteiger partial charge on any atom is 0.306 e. The van der Waals surface area contributed by atoms with E-state index in [0.29, 0.717) is 22.2 Å². The number of nitrogens with one attached hydrogen (secondary N) is 2. The summed E-state index contributed by atoms with van der Waals surface area (Å²) in [6.45, 7) is -0.111. The monoisotopic (exact) mass is 572 g/mol. The van der Waals surface area contributed by atoms with E-state index in [1.165, 1.54) is 23.1 Å². The van der Waals surface area contributed by atoms with Gasteiger partial charge in [0.05, 0.1) is 11.6 Å². The molecular formula is C27H26ClFN4O7. The van der Waals surface area contributed by atoms with Crippen LogP contribution in [0.15, 0.2) is 42.5 Å². The van der Waals surface area contributed by atoms with Crippen molar-refractivity contribution in [3.63, 3.8) is 0 Å². The van der Waals surface area contributed by atoms with E-state index < -0.39 is 46.8 Å². The van der Waals surface area contributed by atoms with Crippen molar-refractivity contribution in [2.45, 2.75) is 37.8 Å². The summed E-state index contributed by atoms with van der Waals surface area (Å²) in [4.78, 5) is 65.3. The lowest BCUT2D eigenvalue weighted by atomic mass is 9.96. The van der Waals surface area contributed by atoms with Crippen molar-refractivity contribution in [3.05, 3.63) is 64.6 Å². The van der Waals surface area contributed by atoms with Gasteiger partial charge in [0.25, 0.3) is 11.8 Å². The molecule has 3 aromatic rings. The number of benzene rings is 2. The van der Waals surface area contributed by atoms with Crippen LogP contribution in [0.3, 0.4) is 0 Å². The smallest absolute Gasteiger partial charge is 0.306 e. The first-order chi connectivity index (χ1) is 18.9. The number of amides is 3. The SMILES string of the molecule is NC(=O)CC[C@H](CC(=O)c1cc2cc(N3CC[C@](O)(C(=O)NCc4cc(F)cc(Cl)c4)C3=O)ccc2[nH]1)C(=O)O. The fraction of sp³-hybridized carbons (Fsp3) is 0.296. The highest BCUT2D eigenvalue weighted by Crippen LogP contribution is 2.31. The van der Waals surface area contributed by atoms with Crippen LogP contribution < -0.4 is 16.0 Å². The number of ketones is 1. The normalized spacial score (nSPS) is 17.7. The van der Waals surface area contributed by atoms with Gasteiger partial charge in [0.15, 0.2) is 5.78 Å². The van der Waals surface area contributed by atoms with Gasteiger partial charge in [-0.1, -0.05) is 11.6 Å². The van der Waals surface area contributed by atoms with Gasteiger partial charge in [-0.05, 0) is 54.4 Å². The Bertz CT molecular complexity index is 1500. The molecule has 0 bridgehead atoms. The number of H-pyrrole nitrogens is 1. The Morgan fingerprint density at radius 1 is 1.18 bits per heavy atom. The van der Waals surface area contributed by atoms with Gasteiger partial charge < -0.3 is 31.1 Å². The molecule has 40 heavy (non-hydrogen) atoms. The minimum absolute atomic E-state index is 0.0381. The molecule has 1 aliphatic heterocycles. The fourth-order valence-corrected chi connectivity index (χ4v) is 4.85. The Kier molecular flexibility index (Phi) is 8.21. The van der Waals surface area contributed by atoms with Gasteiger partial charge in [-0.15, -0.1) is 0 Å². The summed E-state index contributed by atoms with van der Waals surface area (Å²) in [5.74, 6) is -5.78. The van der Waals surface area contributed by atoms with E-state index in [1.54, 1.807) is 18.2 Å². The van der Waals surface area contributed by atoms with Crippen LogP contribution in [-0.2, 0) is 25.7 Å². The molecule has 0 radical (unpaired) electrons. The molecule has 0 spiro atoms. The van der Waals surface area contributed by atoms with Gasteiger partial charge in [-0.2, -0.15) is 0 Å². The number of hydrogen-bond acceptors (Lipinski definition) is 6. The van der Waals surface area contributed by atoms with Crippen LogP contribution in [0.4, 0.5) is 10.1 Å². The number of carboxylic acid groups (broad SMARTS) is 1. The fourth-order valence-electron chi connectivity index (χ4n) is 4.61. The lowest BCUT2D eigenvalue weighted by Crippen LogP contribution is -2.52. The van der Waals surface area contributed by atoms with Gasteiger partial charge in [0, 0.05) is 54.0 Å². The highest BCUT2D eigenvalue weighted by atomic mass is 35.5. The number of Topliss-reactive ketones (excluding diaryl/α,β-unsaturated/α-hetero) is 1. The molecule has 2 aromatic carbocycles. The zero-order chi connectivity index (χ0) is 29.2. The summed E-state index contributed by atoms with van der Waals surface area (Å²) in [6.07, 6.45) is -0.743. The Hall–Kier alpha value is -4.29. The largest absolute Gasteiger partial charge is 0.481 e. The van der Waals surface area contributed by atoms with E-state index >= 15 is 0 Å². The molecule has 1 aromatic heterocycles. The maximum absolute atomic E-state index is 13.6. The molecule has 6 N–H and O–H groups in total. The van der Waals surface area contributed by atoms with Crippen LogP contribution in [0, 0.1) is 11.7 Å². The van der Waals surface area contributed by atoms with Crippen molar-refractivity contribution in [2.75, 3.05) is 11.4 Å². The molecule has 1 saturated heterocycles. The van der Waals surface area contributed by atoms with Crippen LogP contribution in [0.5, 0.6) is 0 Å². The number of carbonyl (C=O) groups excluding carboxylic acids is 4. The summed E-state index contributed by atoms with van der Waals surface area (Å²) >= 11 is 5.83. The van der Waals surface area contributed by atoms with Crippen molar-refractivity contribution in [1.82, 2.24) is 10.3 Å². The van der Waals surface area contributed by atoms with Gasteiger partial charge >= 0.3 is 5.97 Å². The van der Waals surface area contributed by atoms with E-state index in [1.807, 2.05) is 0 Å². The Morgan fingerprint density at radius 2 is 1.93 bits per heavy atom. The van der Waals surface area contributed by atoms with Crippen LogP contribution in [0.25, 0.3) is 10.9 Å². The van der Waals surface area contributed by atoms with Crippen LogP contribution in [-0.4, -0.2) is 56.8 Å². The van der Waals surface area contributed by atoms with Gasteiger partial charge in [-0.3, -0.25) is 24.0 Å². The number of carbonyl (C=O) groups is 5. The number of anilines is 1. The molecule has 0 unspecified atom stereocenters. The first kappa shape index (κ1) is 28.7. The molecule has 2 atom stereocenters. The van der Waals surface area contributed by atoms with Crippen molar-refractivity contribution >= 4 is 57.7 Å². The standard InChI is InChI=1S/C27H26ClFN4O7/c28-17-7-14(8-18(29)12-17)13-31-25(38)27(40)5-6-33(26(27)39)19-2-3-20-16(9-19)10-21(32-20)22(34)11-15(24(36)37)1-4-23(30)35/h2-3,7-10,12,15,32,40H,1,4-6,11,13H2,(H2,30,35)(H,31,38)(H,36,37)/t15-,27+/m1/s1. The van der Waals surface area contributed by atoms with Crippen molar-refractivity contribution in [2.24, 2.45) is 11.7 Å². The maximum atomic E-state index is 13.6. The summed E-state index contributed by atoms with van der Waals surface area (Å²) in [7, 11) is 0. The number of carboxylic acids is 1. The van der Waals surface area contributed by atoms with E-state index in [-0.39, 0.29) is 49.5 Å². The summed E-state index contributed by atoms with van der Waals surface area (Å²) < 4.78 is 13.6. The molecule has 210 valence electrons. The van der Waals surface area contributed by atoms with Gasteiger partial charge in [-0.25, -0.2) is 4.39 Å². The van der Waals surface area contributed by atoms with E-state index in [9.17, 15) is 38.6 Å². The number of primary amides is 1. The lowest BCUT2D eigenvalue weighted by molar-refractivity contribution is -0.149. The zero-order valence-electron chi connectivity index (χ0n) is 21.1. The lowest BCUT2D eigenvalue weighted by Gasteiger charge is -2.22. The topological polar surface area (TPSA) is 183 Å². The molecule has 0 saturated carbocycles. The first-order valence-corrected chi connectivity index (χ1v) is 12.7. The number of aromatic nitrogens is 1. The van der Waals surface area contributed by atoms with Gasteiger partial charge in [0.2, 0.25) is 11.5 Å². The first-order valence-electron chi connectivity index (χ1n) is 12.3. The van der Waals surface area contributed by atoms with Crippen molar-refractivity contribution in [1.29, 1.82) is 0 Å². The van der Waals surface area contributed by atoms with Crippen LogP contribution >= 0.6 is 11.6 Å². The third-order valence-corrected chi connectivity index (χ3v) is 7.00. The van der Waals surface area contributed by atoms with Gasteiger partial charge in [0.1, 0.15) is 5.82 Å². The molecular weight excluding hydrogens is 547 g/mol. The number of nitrogens with two attached hydrogens (primary N) is 1.